The van der Waals surface area contributed by atoms with Crippen LogP contribution >= 0.6 is 11.6 Å². The second-order valence-electron chi connectivity index (χ2n) is 5.04. The van der Waals surface area contributed by atoms with Gasteiger partial charge in [-0.2, -0.15) is 5.26 Å². The SMILES string of the molecule is Cc1ccc2oc(-c3ccc(Cl)cc3)c(OCC#N)c(=O)c2c1. The van der Waals surface area contributed by atoms with Gasteiger partial charge in [0.05, 0.1) is 5.39 Å². The average Bonchev–Trinajstić information content (AvgIpc) is 2.55. The maximum Gasteiger partial charge on any atom is 0.235 e. The lowest BCUT2D eigenvalue weighted by Crippen LogP contribution is -2.10. The van der Waals surface area contributed by atoms with E-state index in [2.05, 4.69) is 0 Å². The van der Waals surface area contributed by atoms with E-state index in [1.807, 2.05) is 19.1 Å². The molecule has 0 unspecified atom stereocenters. The minimum atomic E-state index is -0.296. The number of fused-ring (bicyclic) bond motifs is 1. The minimum absolute atomic E-state index is 0.0342. The predicted molar refractivity (Wildman–Crippen MR) is 88.8 cm³/mol. The molecule has 114 valence electrons. The Morgan fingerprint density at radius 3 is 2.65 bits per heavy atom. The molecule has 0 N–H and O–H groups in total. The van der Waals surface area contributed by atoms with Crippen LogP contribution in [0.5, 0.6) is 5.75 Å². The van der Waals surface area contributed by atoms with Crippen molar-refractivity contribution < 1.29 is 9.15 Å². The molecule has 0 spiro atoms. The molecule has 0 radical (unpaired) electrons. The van der Waals surface area contributed by atoms with E-state index in [-0.39, 0.29) is 17.8 Å². The summed E-state index contributed by atoms with van der Waals surface area (Å²) in [5.74, 6) is 0.324. The molecule has 0 amide bonds. The Morgan fingerprint density at radius 2 is 1.96 bits per heavy atom. The van der Waals surface area contributed by atoms with Crippen LogP contribution in [-0.2, 0) is 0 Å². The van der Waals surface area contributed by atoms with Crippen LogP contribution in [-0.4, -0.2) is 6.61 Å². The normalized spacial score (nSPS) is 10.5. The molecule has 3 aromatic rings. The zero-order valence-electron chi connectivity index (χ0n) is 12.3. The zero-order valence-corrected chi connectivity index (χ0v) is 13.1. The molecule has 0 aliphatic carbocycles. The van der Waals surface area contributed by atoms with Gasteiger partial charge in [0.2, 0.25) is 11.2 Å². The molecule has 0 fully saturated rings. The summed E-state index contributed by atoms with van der Waals surface area (Å²) in [6, 6.07) is 14.1. The Bertz CT molecular complexity index is 968. The molecule has 3 rings (SSSR count). The van der Waals surface area contributed by atoms with Gasteiger partial charge in [0, 0.05) is 10.6 Å². The van der Waals surface area contributed by atoms with Gasteiger partial charge in [-0.05, 0) is 43.3 Å². The first-order chi connectivity index (χ1) is 11.1. The first-order valence-electron chi connectivity index (χ1n) is 6.93. The van der Waals surface area contributed by atoms with Crippen LogP contribution in [0.25, 0.3) is 22.3 Å². The third kappa shape index (κ3) is 2.92. The van der Waals surface area contributed by atoms with Crippen LogP contribution in [0.15, 0.2) is 51.7 Å². The molecule has 0 saturated heterocycles. The van der Waals surface area contributed by atoms with E-state index in [9.17, 15) is 4.79 Å². The predicted octanol–water partition coefficient (Wildman–Crippen LogP) is 4.32. The highest BCUT2D eigenvalue weighted by molar-refractivity contribution is 6.30. The van der Waals surface area contributed by atoms with Crippen molar-refractivity contribution >= 4 is 22.6 Å². The van der Waals surface area contributed by atoms with Crippen molar-refractivity contribution in [2.75, 3.05) is 6.61 Å². The van der Waals surface area contributed by atoms with E-state index in [0.717, 1.165) is 5.56 Å². The summed E-state index contributed by atoms with van der Waals surface area (Å²) in [4.78, 5) is 12.7. The standard InChI is InChI=1S/C18H12ClNO3/c1-11-2-7-15-14(10-11)16(21)18(22-9-8-20)17(23-15)12-3-5-13(19)6-4-12/h2-7,10H,9H2,1H3. The highest BCUT2D eigenvalue weighted by Crippen LogP contribution is 2.31. The number of nitriles is 1. The Hall–Kier alpha value is -2.77. The van der Waals surface area contributed by atoms with Gasteiger partial charge < -0.3 is 9.15 Å². The Labute approximate surface area is 137 Å². The van der Waals surface area contributed by atoms with Gasteiger partial charge in [0.1, 0.15) is 11.7 Å². The summed E-state index contributed by atoms with van der Waals surface area (Å²) in [7, 11) is 0. The molecule has 1 aromatic heterocycles. The van der Waals surface area contributed by atoms with E-state index in [1.165, 1.54) is 0 Å². The number of hydrogen-bond acceptors (Lipinski definition) is 4. The quantitative estimate of drug-likeness (QED) is 0.719. The maximum absolute atomic E-state index is 12.7. The molecule has 0 aliphatic rings. The summed E-state index contributed by atoms with van der Waals surface area (Å²) in [6.45, 7) is 1.66. The lowest BCUT2D eigenvalue weighted by Gasteiger charge is -2.10. The zero-order chi connectivity index (χ0) is 16.4. The van der Waals surface area contributed by atoms with Crippen molar-refractivity contribution in [1.82, 2.24) is 0 Å². The summed E-state index contributed by atoms with van der Waals surface area (Å²) < 4.78 is 11.2. The van der Waals surface area contributed by atoms with Gasteiger partial charge in [0.25, 0.3) is 0 Å². The van der Waals surface area contributed by atoms with Gasteiger partial charge >= 0.3 is 0 Å². The fraction of sp³-hybridized carbons (Fsp3) is 0.111. The van der Waals surface area contributed by atoms with E-state index in [0.29, 0.717) is 27.3 Å². The third-order valence-corrected chi connectivity index (χ3v) is 3.64. The molecule has 2 aromatic carbocycles. The lowest BCUT2D eigenvalue weighted by molar-refractivity contribution is 0.356. The maximum atomic E-state index is 12.7. The molecular formula is C18H12ClNO3. The lowest BCUT2D eigenvalue weighted by atomic mass is 10.1. The first-order valence-corrected chi connectivity index (χ1v) is 7.31. The number of benzene rings is 2. The number of aryl methyl sites for hydroxylation is 1. The van der Waals surface area contributed by atoms with Crippen molar-refractivity contribution in [1.29, 1.82) is 5.26 Å². The van der Waals surface area contributed by atoms with Crippen LogP contribution < -0.4 is 10.2 Å². The van der Waals surface area contributed by atoms with Crippen LogP contribution in [0.1, 0.15) is 5.56 Å². The molecule has 0 bridgehead atoms. The average molecular weight is 326 g/mol. The Kier molecular flexibility index (Phi) is 4.05. The number of ether oxygens (including phenoxy) is 1. The van der Waals surface area contributed by atoms with Crippen molar-refractivity contribution in [3.8, 4) is 23.1 Å². The molecule has 5 heteroatoms. The summed E-state index contributed by atoms with van der Waals surface area (Å²) >= 11 is 5.90. The van der Waals surface area contributed by atoms with E-state index >= 15 is 0 Å². The molecule has 1 heterocycles. The molecular weight excluding hydrogens is 314 g/mol. The molecule has 0 aliphatic heterocycles. The van der Waals surface area contributed by atoms with Crippen LogP contribution in [0.3, 0.4) is 0 Å². The second-order valence-corrected chi connectivity index (χ2v) is 5.48. The minimum Gasteiger partial charge on any atom is -0.471 e. The fourth-order valence-corrected chi connectivity index (χ4v) is 2.44. The van der Waals surface area contributed by atoms with E-state index < -0.39 is 0 Å². The van der Waals surface area contributed by atoms with Gasteiger partial charge in [-0.15, -0.1) is 0 Å². The molecule has 0 saturated carbocycles. The van der Waals surface area contributed by atoms with Crippen molar-refractivity contribution in [3.05, 3.63) is 63.3 Å². The monoisotopic (exact) mass is 325 g/mol. The number of halogens is 1. The first kappa shape index (κ1) is 15.1. The highest BCUT2D eigenvalue weighted by atomic mass is 35.5. The summed E-state index contributed by atoms with van der Waals surface area (Å²) in [5.41, 5.74) is 1.77. The van der Waals surface area contributed by atoms with Crippen LogP contribution in [0.2, 0.25) is 5.02 Å². The number of nitrogens with zero attached hydrogens (tertiary/aromatic N) is 1. The molecule has 4 nitrogen and oxygen atoms in total. The Morgan fingerprint density at radius 1 is 1.22 bits per heavy atom. The van der Waals surface area contributed by atoms with Crippen LogP contribution in [0.4, 0.5) is 0 Å². The molecule has 0 atom stereocenters. The van der Waals surface area contributed by atoms with Crippen molar-refractivity contribution in [3.63, 3.8) is 0 Å². The fourth-order valence-electron chi connectivity index (χ4n) is 2.32. The largest absolute Gasteiger partial charge is 0.471 e. The summed E-state index contributed by atoms with van der Waals surface area (Å²) in [5, 5.41) is 9.75. The summed E-state index contributed by atoms with van der Waals surface area (Å²) in [6.07, 6.45) is 0. The van der Waals surface area contributed by atoms with E-state index in [1.54, 1.807) is 36.4 Å². The third-order valence-electron chi connectivity index (χ3n) is 3.39. The van der Waals surface area contributed by atoms with E-state index in [4.69, 9.17) is 26.0 Å². The topological polar surface area (TPSA) is 63.2 Å². The number of rotatable bonds is 3. The molecule has 23 heavy (non-hydrogen) atoms. The second kappa shape index (κ2) is 6.15. The van der Waals surface area contributed by atoms with Crippen molar-refractivity contribution in [2.24, 2.45) is 0 Å². The number of hydrogen-bond donors (Lipinski definition) is 0. The smallest absolute Gasteiger partial charge is 0.235 e. The highest BCUT2D eigenvalue weighted by Gasteiger charge is 2.17. The van der Waals surface area contributed by atoms with Gasteiger partial charge in [-0.1, -0.05) is 23.2 Å². The van der Waals surface area contributed by atoms with Gasteiger partial charge in [-0.3, -0.25) is 4.79 Å². The Balaban J connectivity index is 2.30. The van der Waals surface area contributed by atoms with Gasteiger partial charge in [0.15, 0.2) is 12.4 Å². The van der Waals surface area contributed by atoms with Crippen LogP contribution in [0, 0.1) is 18.3 Å². The van der Waals surface area contributed by atoms with Crippen molar-refractivity contribution in [2.45, 2.75) is 6.92 Å². The van der Waals surface area contributed by atoms with Gasteiger partial charge in [-0.25, -0.2) is 0 Å².